The second-order valence-electron chi connectivity index (χ2n) is 8.80. The third kappa shape index (κ3) is 2.60. The Morgan fingerprint density at radius 2 is 1.83 bits per heavy atom. The second kappa shape index (κ2) is 5.91. The summed E-state index contributed by atoms with van der Waals surface area (Å²) in [7, 11) is 0. The Balaban J connectivity index is 1.37. The fourth-order valence-corrected chi connectivity index (χ4v) is 5.14. The molecule has 2 nitrogen and oxygen atoms in total. The van der Waals surface area contributed by atoms with Gasteiger partial charge in [0.2, 0.25) is 0 Å². The van der Waals surface area contributed by atoms with Gasteiger partial charge in [-0.05, 0) is 61.1 Å². The molecule has 130 valence electrons. The number of anilines is 1. The van der Waals surface area contributed by atoms with Crippen molar-refractivity contribution in [1.29, 1.82) is 0 Å². The van der Waals surface area contributed by atoms with E-state index in [4.69, 9.17) is 0 Å². The number of allylic oxidation sites excluding steroid dienone is 1. The van der Waals surface area contributed by atoms with Gasteiger partial charge >= 0.3 is 0 Å². The molecule has 1 saturated carbocycles. The average molecular weight is 325 g/mol. The molecule has 1 saturated heterocycles. The average Bonchev–Trinajstić information content (AvgIpc) is 2.58. The Labute approximate surface area is 147 Å². The van der Waals surface area contributed by atoms with Crippen molar-refractivity contribution < 1.29 is 0 Å². The Kier molecular flexibility index (Phi) is 3.99. The van der Waals surface area contributed by atoms with Crippen LogP contribution in [0.15, 0.2) is 29.8 Å². The Bertz CT molecular complexity index is 650. The van der Waals surface area contributed by atoms with Gasteiger partial charge in [-0.1, -0.05) is 37.6 Å². The van der Waals surface area contributed by atoms with Crippen LogP contribution in [0.25, 0.3) is 0 Å². The number of piperazine rings is 1. The van der Waals surface area contributed by atoms with Crippen molar-refractivity contribution in [2.45, 2.75) is 40.5 Å². The van der Waals surface area contributed by atoms with Crippen LogP contribution in [0.4, 0.5) is 5.69 Å². The molecule has 2 unspecified atom stereocenters. The number of fused-ring (bicyclic) bond motifs is 1. The molecule has 1 heterocycles. The van der Waals surface area contributed by atoms with Gasteiger partial charge in [-0.25, -0.2) is 0 Å². The van der Waals surface area contributed by atoms with E-state index in [1.54, 1.807) is 5.57 Å². The van der Waals surface area contributed by atoms with Crippen LogP contribution in [0, 0.1) is 31.1 Å². The molecule has 1 aromatic carbocycles. The highest BCUT2D eigenvalue weighted by molar-refractivity contribution is 5.56. The molecule has 3 aliphatic carbocycles. The van der Waals surface area contributed by atoms with E-state index in [1.807, 2.05) is 0 Å². The molecule has 0 aromatic heterocycles. The Hall–Kier alpha value is -1.28. The topological polar surface area (TPSA) is 6.48 Å². The summed E-state index contributed by atoms with van der Waals surface area (Å²) in [6, 6.07) is 6.71. The van der Waals surface area contributed by atoms with Crippen molar-refractivity contribution in [2.75, 3.05) is 37.6 Å². The van der Waals surface area contributed by atoms with Crippen molar-refractivity contribution in [3.63, 3.8) is 0 Å². The molecular formula is C22H32N2. The van der Waals surface area contributed by atoms with Gasteiger partial charge in [-0.15, -0.1) is 0 Å². The number of hydrogen-bond donors (Lipinski definition) is 0. The zero-order chi connectivity index (χ0) is 16.9. The highest BCUT2D eigenvalue weighted by Gasteiger charge is 2.51. The first kappa shape index (κ1) is 16.2. The zero-order valence-electron chi connectivity index (χ0n) is 15.8. The molecule has 2 heteroatoms. The summed E-state index contributed by atoms with van der Waals surface area (Å²) in [5.41, 5.74) is 6.59. The van der Waals surface area contributed by atoms with Crippen LogP contribution in [-0.4, -0.2) is 37.6 Å². The summed E-state index contributed by atoms with van der Waals surface area (Å²) in [6.07, 6.45) is 5.34. The standard InChI is InChI=1S/C22H32N2/c1-16-6-5-7-21(17(16)2)24-12-10-23(11-13-24)15-18-8-9-19-14-20(18)22(19,3)4/h5-8,19-20H,9-15H2,1-4H3. The van der Waals surface area contributed by atoms with Gasteiger partial charge in [-0.2, -0.15) is 0 Å². The van der Waals surface area contributed by atoms with Gasteiger partial charge in [0.25, 0.3) is 0 Å². The molecule has 5 rings (SSSR count). The second-order valence-corrected chi connectivity index (χ2v) is 8.80. The first-order valence-electron chi connectivity index (χ1n) is 9.69. The van der Waals surface area contributed by atoms with Crippen LogP contribution in [0.2, 0.25) is 0 Å². The minimum Gasteiger partial charge on any atom is -0.369 e. The van der Waals surface area contributed by atoms with Crippen LogP contribution in [0.5, 0.6) is 0 Å². The van der Waals surface area contributed by atoms with Crippen molar-refractivity contribution in [3.05, 3.63) is 41.0 Å². The van der Waals surface area contributed by atoms with Gasteiger partial charge in [-0.3, -0.25) is 4.90 Å². The van der Waals surface area contributed by atoms with Gasteiger partial charge in [0.1, 0.15) is 0 Å². The maximum absolute atomic E-state index is 2.68. The normalized spacial score (nSPS) is 29.2. The van der Waals surface area contributed by atoms with Gasteiger partial charge in [0.15, 0.2) is 0 Å². The lowest BCUT2D eigenvalue weighted by molar-refractivity contribution is -0.0107. The van der Waals surface area contributed by atoms with E-state index in [9.17, 15) is 0 Å². The highest BCUT2D eigenvalue weighted by atomic mass is 15.3. The van der Waals surface area contributed by atoms with Crippen LogP contribution < -0.4 is 4.90 Å². The van der Waals surface area contributed by atoms with Crippen LogP contribution >= 0.6 is 0 Å². The Morgan fingerprint density at radius 3 is 2.50 bits per heavy atom. The minimum absolute atomic E-state index is 0.560. The molecule has 0 amide bonds. The molecule has 0 spiro atoms. The molecule has 4 aliphatic rings. The van der Waals surface area contributed by atoms with E-state index < -0.39 is 0 Å². The Morgan fingerprint density at radius 1 is 1.08 bits per heavy atom. The smallest absolute Gasteiger partial charge is 0.0399 e. The summed E-state index contributed by atoms with van der Waals surface area (Å²) in [5, 5.41) is 0. The van der Waals surface area contributed by atoms with E-state index in [-0.39, 0.29) is 0 Å². The van der Waals surface area contributed by atoms with Gasteiger partial charge < -0.3 is 4.90 Å². The monoisotopic (exact) mass is 324 g/mol. The lowest BCUT2D eigenvalue weighted by Crippen LogP contribution is -2.52. The van der Waals surface area contributed by atoms with Crippen LogP contribution in [-0.2, 0) is 0 Å². The molecule has 24 heavy (non-hydrogen) atoms. The molecule has 2 bridgehead atoms. The molecule has 1 aliphatic heterocycles. The van der Waals surface area contributed by atoms with E-state index in [1.165, 1.54) is 49.3 Å². The quantitative estimate of drug-likeness (QED) is 0.760. The molecule has 1 aromatic rings. The third-order valence-electron chi connectivity index (χ3n) is 7.28. The maximum Gasteiger partial charge on any atom is 0.0399 e. The fourth-order valence-electron chi connectivity index (χ4n) is 5.14. The van der Waals surface area contributed by atoms with E-state index >= 15 is 0 Å². The lowest BCUT2D eigenvalue weighted by Gasteiger charge is -2.57. The number of aryl methyl sites for hydroxylation is 1. The molecule has 2 fully saturated rings. The van der Waals surface area contributed by atoms with Crippen LogP contribution in [0.1, 0.15) is 37.8 Å². The summed E-state index contributed by atoms with van der Waals surface area (Å²) in [4.78, 5) is 5.26. The largest absolute Gasteiger partial charge is 0.369 e. The SMILES string of the molecule is Cc1cccc(N2CCN(CC3=CCC4CC3C4(C)C)CC2)c1C. The highest BCUT2D eigenvalue weighted by Crippen LogP contribution is 2.59. The summed E-state index contributed by atoms with van der Waals surface area (Å²) >= 11 is 0. The predicted octanol–water partition coefficient (Wildman–Crippen LogP) is 4.42. The minimum atomic E-state index is 0.560. The lowest BCUT2D eigenvalue weighted by atomic mass is 9.49. The van der Waals surface area contributed by atoms with Crippen molar-refractivity contribution in [3.8, 4) is 0 Å². The summed E-state index contributed by atoms with van der Waals surface area (Å²) < 4.78 is 0. The number of benzene rings is 1. The van der Waals surface area contributed by atoms with Gasteiger partial charge in [0.05, 0.1) is 0 Å². The first-order valence-corrected chi connectivity index (χ1v) is 9.69. The molecular weight excluding hydrogens is 292 g/mol. The number of hydrogen-bond acceptors (Lipinski definition) is 2. The molecule has 2 atom stereocenters. The number of nitrogens with zero attached hydrogens (tertiary/aromatic N) is 2. The summed E-state index contributed by atoms with van der Waals surface area (Å²) in [5.74, 6) is 1.81. The van der Waals surface area contributed by atoms with Gasteiger partial charge in [0, 0.05) is 38.4 Å². The van der Waals surface area contributed by atoms with Crippen LogP contribution in [0.3, 0.4) is 0 Å². The maximum atomic E-state index is 2.68. The molecule has 0 N–H and O–H groups in total. The molecule has 0 radical (unpaired) electrons. The fraction of sp³-hybridized carbons (Fsp3) is 0.636. The van der Waals surface area contributed by atoms with Crippen molar-refractivity contribution >= 4 is 5.69 Å². The first-order chi connectivity index (χ1) is 11.5. The number of rotatable bonds is 3. The van der Waals surface area contributed by atoms with Crippen molar-refractivity contribution in [1.82, 2.24) is 4.90 Å². The van der Waals surface area contributed by atoms with E-state index in [2.05, 4.69) is 61.8 Å². The van der Waals surface area contributed by atoms with Crippen molar-refractivity contribution in [2.24, 2.45) is 17.3 Å². The third-order valence-corrected chi connectivity index (χ3v) is 7.28. The predicted molar refractivity (Wildman–Crippen MR) is 103 cm³/mol. The van der Waals surface area contributed by atoms with E-state index in [0.717, 1.165) is 24.9 Å². The summed E-state index contributed by atoms with van der Waals surface area (Å²) in [6.45, 7) is 15.4. The van der Waals surface area contributed by atoms with E-state index in [0.29, 0.717) is 5.41 Å². The zero-order valence-corrected chi connectivity index (χ0v) is 15.8.